The summed E-state index contributed by atoms with van der Waals surface area (Å²) in [7, 11) is 1.51. The van der Waals surface area contributed by atoms with Crippen molar-refractivity contribution in [3.05, 3.63) is 46.6 Å². The summed E-state index contributed by atoms with van der Waals surface area (Å²) >= 11 is 0. The van der Waals surface area contributed by atoms with Crippen LogP contribution >= 0.6 is 0 Å². The van der Waals surface area contributed by atoms with Crippen LogP contribution in [-0.4, -0.2) is 38.4 Å². The lowest BCUT2D eigenvalue weighted by molar-refractivity contribution is 0.0456. The highest BCUT2D eigenvalue weighted by Crippen LogP contribution is 2.30. The third-order valence-electron chi connectivity index (χ3n) is 4.61. The van der Waals surface area contributed by atoms with Gasteiger partial charge in [0, 0.05) is 6.54 Å². The first-order valence-corrected chi connectivity index (χ1v) is 9.68. The van der Waals surface area contributed by atoms with Gasteiger partial charge in [0.05, 0.1) is 23.9 Å². The third-order valence-corrected chi connectivity index (χ3v) is 4.61. The van der Waals surface area contributed by atoms with Crippen molar-refractivity contribution >= 4 is 5.97 Å². The Labute approximate surface area is 174 Å². The predicted molar refractivity (Wildman–Crippen MR) is 105 cm³/mol. The van der Waals surface area contributed by atoms with Crippen LogP contribution in [-0.2, 0) is 24.5 Å². The van der Waals surface area contributed by atoms with Gasteiger partial charge in [-0.3, -0.25) is 0 Å². The molecule has 0 atom stereocenters. The molecule has 2 aromatic heterocycles. The Morgan fingerprint density at radius 2 is 2.03 bits per heavy atom. The van der Waals surface area contributed by atoms with Crippen molar-refractivity contribution < 1.29 is 23.5 Å². The van der Waals surface area contributed by atoms with E-state index in [0.29, 0.717) is 35.2 Å². The molecule has 0 amide bonds. The average Bonchev–Trinajstić information content (AvgIpc) is 3.34. The Hall–Kier alpha value is -3.43. The third kappa shape index (κ3) is 4.94. The van der Waals surface area contributed by atoms with E-state index in [1.807, 2.05) is 13.8 Å². The molecule has 0 aliphatic heterocycles. The number of aryl methyl sites for hydroxylation is 3. The molecule has 0 aliphatic rings. The van der Waals surface area contributed by atoms with Crippen molar-refractivity contribution in [3.8, 4) is 11.5 Å². The number of hydrogen-bond donors (Lipinski definition) is 0. The van der Waals surface area contributed by atoms with Crippen LogP contribution in [0.5, 0.6) is 11.5 Å². The number of carbonyl (C=O) groups is 1. The van der Waals surface area contributed by atoms with Gasteiger partial charge in [0.15, 0.2) is 23.9 Å². The lowest BCUT2D eigenvalue weighted by atomic mass is 10.2. The molecule has 1 aromatic carbocycles. The second-order valence-corrected chi connectivity index (χ2v) is 6.70. The Morgan fingerprint density at radius 1 is 1.20 bits per heavy atom. The molecule has 10 nitrogen and oxygen atoms in total. The minimum absolute atomic E-state index is 0.0117. The SMILES string of the molecule is CCCCn1nnnc1COC(=O)c1ccc(OCc2c(C)noc2C)c(OC)c1. The van der Waals surface area contributed by atoms with Crippen LogP contribution in [0.15, 0.2) is 22.7 Å². The van der Waals surface area contributed by atoms with Crippen molar-refractivity contribution in [1.82, 2.24) is 25.4 Å². The van der Waals surface area contributed by atoms with Gasteiger partial charge in [0.1, 0.15) is 12.4 Å². The number of benzene rings is 1. The number of unbranched alkanes of at least 4 members (excludes halogenated alkanes) is 1. The van der Waals surface area contributed by atoms with Crippen LogP contribution in [0, 0.1) is 13.8 Å². The van der Waals surface area contributed by atoms with Gasteiger partial charge in [-0.05, 0) is 48.9 Å². The molecule has 30 heavy (non-hydrogen) atoms. The molecular formula is C20H25N5O5. The highest BCUT2D eigenvalue weighted by atomic mass is 16.5. The molecule has 0 N–H and O–H groups in total. The maximum atomic E-state index is 12.5. The normalized spacial score (nSPS) is 10.8. The molecule has 2 heterocycles. The van der Waals surface area contributed by atoms with Crippen molar-refractivity contribution in [2.75, 3.05) is 7.11 Å². The molecule has 0 unspecified atom stereocenters. The van der Waals surface area contributed by atoms with Crippen LogP contribution in [0.2, 0.25) is 0 Å². The summed E-state index contributed by atoms with van der Waals surface area (Å²) in [6.07, 6.45) is 1.96. The molecular weight excluding hydrogens is 390 g/mol. The van der Waals surface area contributed by atoms with Gasteiger partial charge in [-0.1, -0.05) is 18.5 Å². The number of esters is 1. The summed E-state index contributed by atoms with van der Waals surface area (Å²) < 4.78 is 23.4. The zero-order chi connectivity index (χ0) is 21.5. The highest BCUT2D eigenvalue weighted by molar-refractivity contribution is 5.90. The summed E-state index contributed by atoms with van der Waals surface area (Å²) in [6, 6.07) is 4.86. The fraction of sp³-hybridized carbons (Fsp3) is 0.450. The predicted octanol–water partition coefficient (Wildman–Crippen LogP) is 3.02. The maximum Gasteiger partial charge on any atom is 0.338 e. The van der Waals surface area contributed by atoms with Gasteiger partial charge < -0.3 is 18.7 Å². The molecule has 0 saturated carbocycles. The molecule has 0 saturated heterocycles. The van der Waals surface area contributed by atoms with Gasteiger partial charge in [-0.2, -0.15) is 0 Å². The number of ether oxygens (including phenoxy) is 3. The number of carbonyl (C=O) groups excluding carboxylic acids is 1. The molecule has 3 aromatic rings. The van der Waals surface area contributed by atoms with E-state index < -0.39 is 5.97 Å². The minimum Gasteiger partial charge on any atom is -0.493 e. The van der Waals surface area contributed by atoms with Crippen molar-refractivity contribution in [3.63, 3.8) is 0 Å². The van der Waals surface area contributed by atoms with Crippen LogP contribution in [0.1, 0.15) is 53.0 Å². The van der Waals surface area contributed by atoms with E-state index >= 15 is 0 Å². The summed E-state index contributed by atoms with van der Waals surface area (Å²) in [6.45, 7) is 6.71. The van der Waals surface area contributed by atoms with Crippen LogP contribution in [0.4, 0.5) is 0 Å². The van der Waals surface area contributed by atoms with Crippen molar-refractivity contribution in [2.24, 2.45) is 0 Å². The van der Waals surface area contributed by atoms with E-state index in [4.69, 9.17) is 18.7 Å². The summed E-state index contributed by atoms with van der Waals surface area (Å²) in [5.74, 6) is 1.62. The Bertz CT molecular complexity index is 978. The Balaban J connectivity index is 1.63. The van der Waals surface area contributed by atoms with Crippen molar-refractivity contribution in [2.45, 2.75) is 53.4 Å². The summed E-state index contributed by atoms with van der Waals surface area (Å²) in [5.41, 5.74) is 1.98. The van der Waals surface area contributed by atoms with Crippen LogP contribution < -0.4 is 9.47 Å². The van der Waals surface area contributed by atoms with Gasteiger partial charge >= 0.3 is 5.97 Å². The number of methoxy groups -OCH3 is 1. The van der Waals surface area contributed by atoms with Crippen molar-refractivity contribution in [1.29, 1.82) is 0 Å². The fourth-order valence-corrected chi connectivity index (χ4v) is 2.79. The minimum atomic E-state index is -0.504. The smallest absolute Gasteiger partial charge is 0.338 e. The first-order valence-electron chi connectivity index (χ1n) is 9.68. The van der Waals surface area contributed by atoms with Gasteiger partial charge in [0.2, 0.25) is 0 Å². The monoisotopic (exact) mass is 415 g/mol. The zero-order valence-electron chi connectivity index (χ0n) is 17.5. The lowest BCUT2D eigenvalue weighted by Crippen LogP contribution is -2.11. The molecule has 160 valence electrons. The maximum absolute atomic E-state index is 12.5. The van der Waals surface area contributed by atoms with E-state index in [1.54, 1.807) is 22.9 Å². The van der Waals surface area contributed by atoms with Gasteiger partial charge in [-0.15, -0.1) is 5.10 Å². The molecule has 0 bridgehead atoms. The number of rotatable bonds is 10. The summed E-state index contributed by atoms with van der Waals surface area (Å²) in [4.78, 5) is 12.5. The molecule has 0 radical (unpaired) electrons. The van der Waals surface area contributed by atoms with Crippen LogP contribution in [0.25, 0.3) is 0 Å². The van der Waals surface area contributed by atoms with Crippen LogP contribution in [0.3, 0.4) is 0 Å². The standard InChI is InChI=1S/C20H25N5O5/c1-5-6-9-25-19(21-23-24-25)12-29-20(26)15-7-8-17(18(10-15)27-4)28-11-16-13(2)22-30-14(16)3/h7-8,10H,5-6,9,11-12H2,1-4H3. The molecule has 0 spiro atoms. The number of tetrazole rings is 1. The fourth-order valence-electron chi connectivity index (χ4n) is 2.79. The van der Waals surface area contributed by atoms with E-state index in [-0.39, 0.29) is 13.2 Å². The van der Waals surface area contributed by atoms with E-state index in [0.717, 1.165) is 24.1 Å². The van der Waals surface area contributed by atoms with E-state index in [1.165, 1.54) is 7.11 Å². The number of nitrogens with zero attached hydrogens (tertiary/aromatic N) is 5. The topological polar surface area (TPSA) is 114 Å². The largest absolute Gasteiger partial charge is 0.493 e. The quantitative estimate of drug-likeness (QED) is 0.461. The molecule has 0 aliphatic carbocycles. The van der Waals surface area contributed by atoms with E-state index in [2.05, 4.69) is 27.6 Å². The van der Waals surface area contributed by atoms with E-state index in [9.17, 15) is 4.79 Å². The Morgan fingerprint density at radius 3 is 2.73 bits per heavy atom. The zero-order valence-corrected chi connectivity index (χ0v) is 17.5. The number of hydrogen-bond acceptors (Lipinski definition) is 9. The highest BCUT2D eigenvalue weighted by Gasteiger charge is 2.16. The lowest BCUT2D eigenvalue weighted by Gasteiger charge is -2.12. The molecule has 10 heteroatoms. The first kappa shape index (κ1) is 21.3. The second kappa shape index (κ2) is 9.86. The number of aromatic nitrogens is 5. The Kier molecular flexibility index (Phi) is 6.99. The average molecular weight is 415 g/mol. The van der Waals surface area contributed by atoms with Gasteiger partial charge in [-0.25, -0.2) is 9.48 Å². The second-order valence-electron chi connectivity index (χ2n) is 6.70. The molecule has 0 fully saturated rings. The summed E-state index contributed by atoms with van der Waals surface area (Å²) in [5, 5.41) is 15.4. The first-order chi connectivity index (χ1) is 14.5. The van der Waals surface area contributed by atoms with Gasteiger partial charge in [0.25, 0.3) is 0 Å². The molecule has 3 rings (SSSR count).